The zero-order valence-corrected chi connectivity index (χ0v) is 11.5. The van der Waals surface area contributed by atoms with Crippen molar-refractivity contribution in [3.8, 4) is 0 Å². The smallest absolute Gasteiger partial charge is 0.225 e. The van der Waals surface area contributed by atoms with Crippen LogP contribution < -0.4 is 0 Å². The number of nitrogens with zero attached hydrogens (tertiary/aromatic N) is 2. The van der Waals surface area contributed by atoms with Gasteiger partial charge in [-0.15, -0.1) is 11.8 Å². The molecule has 0 saturated carbocycles. The van der Waals surface area contributed by atoms with E-state index < -0.39 is 0 Å². The van der Waals surface area contributed by atoms with E-state index >= 15 is 0 Å². The molecule has 2 rings (SSSR count). The first-order chi connectivity index (χ1) is 7.96. The zero-order chi connectivity index (χ0) is 12.6. The lowest BCUT2D eigenvalue weighted by molar-refractivity contribution is -0.135. The second-order valence-electron chi connectivity index (χ2n) is 5.13. The Morgan fingerprint density at radius 3 is 2.59 bits per heavy atom. The summed E-state index contributed by atoms with van der Waals surface area (Å²) in [6, 6.07) is 0. The second-order valence-corrected chi connectivity index (χ2v) is 6.59. The molecule has 0 aromatic heterocycles. The largest absolute Gasteiger partial charge is 0.339 e. The van der Waals surface area contributed by atoms with E-state index in [4.69, 9.17) is 0 Å². The number of carbonyl (C=O) groups is 2. The molecule has 2 aliphatic heterocycles. The molecule has 5 heteroatoms. The summed E-state index contributed by atoms with van der Waals surface area (Å²) in [6.45, 7) is 7.79. The Bertz CT molecular complexity index is 345. The first kappa shape index (κ1) is 12.7. The molecule has 0 radical (unpaired) electrons. The highest BCUT2D eigenvalue weighted by Crippen LogP contribution is 2.43. The Hall–Kier alpha value is -0.710. The summed E-state index contributed by atoms with van der Waals surface area (Å²) in [5.41, 5.74) is 0. The molecule has 0 aliphatic carbocycles. The van der Waals surface area contributed by atoms with Crippen LogP contribution >= 0.6 is 11.8 Å². The van der Waals surface area contributed by atoms with E-state index in [0.717, 1.165) is 25.3 Å². The predicted molar refractivity (Wildman–Crippen MR) is 68.6 cm³/mol. The van der Waals surface area contributed by atoms with Gasteiger partial charge in [0.15, 0.2) is 0 Å². The van der Waals surface area contributed by atoms with E-state index in [1.807, 2.05) is 35.4 Å². The number of carbonyl (C=O) groups excluding carboxylic acids is 2. The van der Waals surface area contributed by atoms with Gasteiger partial charge in [-0.3, -0.25) is 9.59 Å². The van der Waals surface area contributed by atoms with Crippen LogP contribution in [0.2, 0.25) is 0 Å². The summed E-state index contributed by atoms with van der Waals surface area (Å²) in [5.74, 6) is 1.37. The highest BCUT2D eigenvalue weighted by atomic mass is 32.2. The van der Waals surface area contributed by atoms with Crippen molar-refractivity contribution in [3.05, 3.63) is 0 Å². The highest BCUT2D eigenvalue weighted by Gasteiger charge is 2.49. The van der Waals surface area contributed by atoms with E-state index in [1.54, 1.807) is 6.92 Å². The molecular formula is C12H20N2O2S. The summed E-state index contributed by atoms with van der Waals surface area (Å²) < 4.78 is 0. The van der Waals surface area contributed by atoms with Crippen molar-refractivity contribution in [3.63, 3.8) is 0 Å². The summed E-state index contributed by atoms with van der Waals surface area (Å²) in [6.07, 6.45) is 0.912. The average Bonchev–Trinajstić information content (AvgIpc) is 2.85. The normalized spacial score (nSPS) is 28.5. The molecule has 1 spiro atoms. The van der Waals surface area contributed by atoms with Crippen LogP contribution in [0, 0.1) is 5.92 Å². The first-order valence-electron chi connectivity index (χ1n) is 6.17. The van der Waals surface area contributed by atoms with Crippen LogP contribution in [0.15, 0.2) is 0 Å². The van der Waals surface area contributed by atoms with Crippen LogP contribution in [0.25, 0.3) is 0 Å². The fraction of sp³-hybridized carbons (Fsp3) is 0.833. The number of rotatable bonds is 1. The zero-order valence-electron chi connectivity index (χ0n) is 10.7. The number of amides is 2. The quantitative estimate of drug-likeness (QED) is 0.707. The number of thioether (sulfide) groups is 1. The van der Waals surface area contributed by atoms with Crippen LogP contribution in [-0.2, 0) is 9.59 Å². The number of likely N-dealkylation sites (tertiary alicyclic amines) is 1. The van der Waals surface area contributed by atoms with Crippen LogP contribution in [0.5, 0.6) is 0 Å². The van der Waals surface area contributed by atoms with E-state index in [9.17, 15) is 9.59 Å². The molecule has 0 N–H and O–H groups in total. The molecule has 1 atom stereocenters. The maximum Gasteiger partial charge on any atom is 0.225 e. The Labute approximate surface area is 107 Å². The Morgan fingerprint density at radius 1 is 1.29 bits per heavy atom. The van der Waals surface area contributed by atoms with Crippen molar-refractivity contribution < 1.29 is 9.59 Å². The van der Waals surface area contributed by atoms with Gasteiger partial charge in [0, 0.05) is 31.7 Å². The van der Waals surface area contributed by atoms with Gasteiger partial charge in [0.1, 0.15) is 4.87 Å². The van der Waals surface area contributed by atoms with Crippen molar-refractivity contribution >= 4 is 23.6 Å². The minimum Gasteiger partial charge on any atom is -0.339 e. The van der Waals surface area contributed by atoms with Gasteiger partial charge in [-0.2, -0.15) is 0 Å². The second kappa shape index (κ2) is 4.52. The minimum atomic E-state index is -0.129. The number of hydrogen-bond acceptors (Lipinski definition) is 3. The van der Waals surface area contributed by atoms with Crippen LogP contribution in [0.4, 0.5) is 0 Å². The monoisotopic (exact) mass is 256 g/mol. The van der Waals surface area contributed by atoms with Crippen LogP contribution in [0.3, 0.4) is 0 Å². The van der Waals surface area contributed by atoms with Crippen molar-refractivity contribution in [2.24, 2.45) is 5.92 Å². The fourth-order valence-corrected chi connectivity index (χ4v) is 4.22. The maximum atomic E-state index is 12.0. The number of hydrogen-bond donors (Lipinski definition) is 0. The van der Waals surface area contributed by atoms with Crippen molar-refractivity contribution in [2.75, 3.05) is 25.4 Å². The maximum absolute atomic E-state index is 12.0. The van der Waals surface area contributed by atoms with Gasteiger partial charge in [0.25, 0.3) is 0 Å². The average molecular weight is 256 g/mol. The summed E-state index contributed by atoms with van der Waals surface area (Å²) in [7, 11) is 0. The molecule has 96 valence electrons. The third-order valence-corrected chi connectivity index (χ3v) is 5.05. The third kappa shape index (κ3) is 2.17. The van der Waals surface area contributed by atoms with E-state index in [0.29, 0.717) is 6.54 Å². The Kier molecular flexibility index (Phi) is 3.39. The van der Waals surface area contributed by atoms with Gasteiger partial charge >= 0.3 is 0 Å². The third-order valence-electron chi connectivity index (χ3n) is 3.57. The summed E-state index contributed by atoms with van der Waals surface area (Å²) >= 11 is 1.83. The lowest BCUT2D eigenvalue weighted by Gasteiger charge is -2.33. The molecule has 17 heavy (non-hydrogen) atoms. The molecule has 4 nitrogen and oxygen atoms in total. The first-order valence-corrected chi connectivity index (χ1v) is 7.16. The van der Waals surface area contributed by atoms with E-state index in [1.165, 1.54) is 0 Å². The molecular weight excluding hydrogens is 236 g/mol. The van der Waals surface area contributed by atoms with E-state index in [2.05, 4.69) is 0 Å². The lowest BCUT2D eigenvalue weighted by atomic mass is 10.2. The lowest BCUT2D eigenvalue weighted by Crippen LogP contribution is -2.47. The fourth-order valence-electron chi connectivity index (χ4n) is 2.71. The molecule has 2 heterocycles. The van der Waals surface area contributed by atoms with Crippen LogP contribution in [-0.4, -0.2) is 51.9 Å². The van der Waals surface area contributed by atoms with Gasteiger partial charge in [-0.1, -0.05) is 13.8 Å². The predicted octanol–water partition coefficient (Wildman–Crippen LogP) is 1.17. The highest BCUT2D eigenvalue weighted by molar-refractivity contribution is 8.00. The standard InChI is InChI=1S/C12H20N2O2S/c1-9(2)11(16)13-5-4-12(8-13)14(10(3)15)6-7-17-12/h9H,4-8H2,1-3H3. The summed E-state index contributed by atoms with van der Waals surface area (Å²) in [4.78, 5) is 27.3. The van der Waals surface area contributed by atoms with Gasteiger partial charge in [0.2, 0.25) is 11.8 Å². The van der Waals surface area contributed by atoms with E-state index in [-0.39, 0.29) is 22.6 Å². The molecule has 0 bridgehead atoms. The van der Waals surface area contributed by atoms with Gasteiger partial charge < -0.3 is 9.80 Å². The van der Waals surface area contributed by atoms with Crippen molar-refractivity contribution in [2.45, 2.75) is 32.1 Å². The summed E-state index contributed by atoms with van der Waals surface area (Å²) in [5, 5.41) is 0. The molecule has 2 amide bonds. The van der Waals surface area contributed by atoms with Gasteiger partial charge in [-0.25, -0.2) is 0 Å². The minimum absolute atomic E-state index is 0.0438. The molecule has 2 fully saturated rings. The molecule has 0 aromatic carbocycles. The van der Waals surface area contributed by atoms with Gasteiger partial charge in [0.05, 0.1) is 6.54 Å². The topological polar surface area (TPSA) is 40.6 Å². The Morgan fingerprint density at radius 2 is 2.00 bits per heavy atom. The SMILES string of the molecule is CC(=O)N1CCSC12CCN(C(=O)C(C)C)C2. The van der Waals surface area contributed by atoms with Crippen molar-refractivity contribution in [1.82, 2.24) is 9.80 Å². The van der Waals surface area contributed by atoms with Gasteiger partial charge in [-0.05, 0) is 6.42 Å². The molecule has 2 saturated heterocycles. The van der Waals surface area contributed by atoms with Crippen molar-refractivity contribution in [1.29, 1.82) is 0 Å². The molecule has 1 unspecified atom stereocenters. The molecule has 0 aromatic rings. The van der Waals surface area contributed by atoms with Crippen LogP contribution in [0.1, 0.15) is 27.2 Å². The molecule has 2 aliphatic rings. The Balaban J connectivity index is 2.10.